The number of hydrogen-bond donors (Lipinski definition) is 2. The molecule has 22 heavy (non-hydrogen) atoms. The predicted octanol–water partition coefficient (Wildman–Crippen LogP) is 1.92. The minimum atomic E-state index is -4.17. The Labute approximate surface area is 132 Å². The fraction of sp³-hybridized carbons (Fsp3) is 0.692. The van der Waals surface area contributed by atoms with Crippen molar-refractivity contribution in [3.05, 3.63) is 15.6 Å². The molecule has 0 aliphatic rings. The zero-order valence-electron chi connectivity index (χ0n) is 13.2. The molecule has 0 aromatic carbocycles. The zero-order valence-corrected chi connectivity index (χ0v) is 14.0. The molecule has 0 fully saturated rings. The molecule has 9 heteroatoms. The van der Waals surface area contributed by atoms with E-state index < -0.39 is 12.7 Å². The van der Waals surface area contributed by atoms with Gasteiger partial charge in [-0.1, -0.05) is 0 Å². The van der Waals surface area contributed by atoms with Gasteiger partial charge in [0, 0.05) is 25.0 Å². The number of aryl methyl sites for hydroxylation is 2. The van der Waals surface area contributed by atoms with E-state index in [9.17, 15) is 13.2 Å². The lowest BCUT2D eigenvalue weighted by molar-refractivity contribution is -0.142. The maximum atomic E-state index is 12.2. The third kappa shape index (κ3) is 7.08. The molecule has 5 nitrogen and oxygen atoms in total. The monoisotopic (exact) mass is 337 g/mol. The van der Waals surface area contributed by atoms with E-state index in [0.717, 1.165) is 10.7 Å². The van der Waals surface area contributed by atoms with E-state index in [1.54, 1.807) is 18.4 Å². The normalized spacial score (nSPS) is 12.8. The Balaban J connectivity index is 2.31. The van der Waals surface area contributed by atoms with E-state index in [1.165, 1.54) is 16.8 Å². The van der Waals surface area contributed by atoms with E-state index in [0.29, 0.717) is 19.0 Å². The van der Waals surface area contributed by atoms with Crippen LogP contribution >= 0.6 is 11.3 Å². The van der Waals surface area contributed by atoms with Gasteiger partial charge in [-0.05, 0) is 20.9 Å². The van der Waals surface area contributed by atoms with E-state index in [4.69, 9.17) is 0 Å². The van der Waals surface area contributed by atoms with Crippen molar-refractivity contribution in [2.75, 3.05) is 33.7 Å². The summed E-state index contributed by atoms with van der Waals surface area (Å²) >= 11 is 1.61. The summed E-state index contributed by atoms with van der Waals surface area (Å²) in [5.74, 6) is 0.547. The van der Waals surface area contributed by atoms with Gasteiger partial charge in [0.05, 0.1) is 18.8 Å². The van der Waals surface area contributed by atoms with Crippen LogP contribution in [0.25, 0.3) is 0 Å². The fourth-order valence-corrected chi connectivity index (χ4v) is 2.62. The van der Waals surface area contributed by atoms with Gasteiger partial charge in [0.25, 0.3) is 0 Å². The number of hydrogen-bond acceptors (Lipinski definition) is 4. The maximum Gasteiger partial charge on any atom is 0.401 e. The van der Waals surface area contributed by atoms with Gasteiger partial charge in [-0.2, -0.15) is 13.2 Å². The van der Waals surface area contributed by atoms with Crippen LogP contribution in [-0.2, 0) is 6.54 Å². The minimum Gasteiger partial charge on any atom is -0.355 e. The summed E-state index contributed by atoms with van der Waals surface area (Å²) in [6.07, 6.45) is -4.17. The summed E-state index contributed by atoms with van der Waals surface area (Å²) in [4.78, 5) is 10.8. The van der Waals surface area contributed by atoms with Gasteiger partial charge in [-0.3, -0.25) is 9.89 Å². The number of rotatable bonds is 6. The van der Waals surface area contributed by atoms with Crippen molar-refractivity contribution in [1.82, 2.24) is 20.5 Å². The lowest BCUT2D eigenvalue weighted by Crippen LogP contribution is -2.42. The van der Waals surface area contributed by atoms with Crippen molar-refractivity contribution in [3.63, 3.8) is 0 Å². The Morgan fingerprint density at radius 1 is 1.32 bits per heavy atom. The smallest absolute Gasteiger partial charge is 0.355 e. The Hall–Kier alpha value is -1.35. The van der Waals surface area contributed by atoms with Crippen molar-refractivity contribution in [2.45, 2.75) is 26.6 Å². The molecule has 1 rings (SSSR count). The molecule has 0 atom stereocenters. The number of nitrogens with one attached hydrogen (secondary N) is 2. The van der Waals surface area contributed by atoms with Crippen molar-refractivity contribution < 1.29 is 13.2 Å². The number of halogens is 3. The average Bonchev–Trinajstić information content (AvgIpc) is 2.70. The molecule has 0 saturated heterocycles. The summed E-state index contributed by atoms with van der Waals surface area (Å²) in [7, 11) is 3.06. The second-order valence-electron chi connectivity index (χ2n) is 4.95. The first-order valence-corrected chi connectivity index (χ1v) is 7.65. The Morgan fingerprint density at radius 3 is 2.50 bits per heavy atom. The standard InChI is InChI=1S/C13H22F3N5S/c1-9-10(2)22-11(20-9)7-19-12(17-3)18-5-6-21(4)8-13(14,15)16/h5-8H2,1-4H3,(H2,17,18,19). The van der Waals surface area contributed by atoms with Crippen LogP contribution in [0, 0.1) is 13.8 Å². The highest BCUT2D eigenvalue weighted by Crippen LogP contribution is 2.16. The van der Waals surface area contributed by atoms with Crippen LogP contribution in [0.1, 0.15) is 15.6 Å². The molecule has 0 saturated carbocycles. The Morgan fingerprint density at radius 2 is 2.00 bits per heavy atom. The van der Waals surface area contributed by atoms with E-state index >= 15 is 0 Å². The number of likely N-dealkylation sites (N-methyl/N-ethyl adjacent to an activating group) is 1. The van der Waals surface area contributed by atoms with Gasteiger partial charge in [-0.25, -0.2) is 4.98 Å². The third-order valence-electron chi connectivity index (χ3n) is 2.94. The average molecular weight is 337 g/mol. The number of alkyl halides is 3. The predicted molar refractivity (Wildman–Crippen MR) is 83.3 cm³/mol. The highest BCUT2D eigenvalue weighted by molar-refractivity contribution is 7.11. The van der Waals surface area contributed by atoms with Gasteiger partial charge >= 0.3 is 6.18 Å². The summed E-state index contributed by atoms with van der Waals surface area (Å²) in [5.41, 5.74) is 1.01. The molecule has 2 N–H and O–H groups in total. The zero-order chi connectivity index (χ0) is 16.8. The number of guanidine groups is 1. The van der Waals surface area contributed by atoms with Crippen LogP contribution in [0.5, 0.6) is 0 Å². The summed E-state index contributed by atoms with van der Waals surface area (Å²) < 4.78 is 36.6. The molecule has 0 amide bonds. The topological polar surface area (TPSA) is 52.6 Å². The number of nitrogens with zero attached hydrogens (tertiary/aromatic N) is 3. The lowest BCUT2D eigenvalue weighted by atomic mass is 10.4. The van der Waals surface area contributed by atoms with Crippen LogP contribution < -0.4 is 10.6 Å². The highest BCUT2D eigenvalue weighted by Gasteiger charge is 2.28. The van der Waals surface area contributed by atoms with Crippen LogP contribution in [-0.4, -0.2) is 55.7 Å². The second kappa shape index (κ2) is 8.33. The SMILES string of the molecule is CN=C(NCCN(C)CC(F)(F)F)NCc1nc(C)c(C)s1. The molecule has 0 spiro atoms. The van der Waals surface area contributed by atoms with Crippen molar-refractivity contribution in [2.24, 2.45) is 4.99 Å². The fourth-order valence-electron chi connectivity index (χ4n) is 1.75. The molecular weight excluding hydrogens is 315 g/mol. The van der Waals surface area contributed by atoms with Gasteiger partial charge in [0.2, 0.25) is 0 Å². The summed E-state index contributed by atoms with van der Waals surface area (Å²) in [6.45, 7) is 4.24. The number of aromatic nitrogens is 1. The summed E-state index contributed by atoms with van der Waals surface area (Å²) in [6, 6.07) is 0. The highest BCUT2D eigenvalue weighted by atomic mass is 32.1. The van der Waals surface area contributed by atoms with E-state index in [2.05, 4.69) is 20.6 Å². The molecule has 126 valence electrons. The van der Waals surface area contributed by atoms with Gasteiger partial charge in [0.15, 0.2) is 5.96 Å². The van der Waals surface area contributed by atoms with E-state index in [-0.39, 0.29) is 6.54 Å². The Bertz CT molecular complexity index is 479. The van der Waals surface area contributed by atoms with Crippen molar-refractivity contribution in [3.8, 4) is 0 Å². The first-order valence-electron chi connectivity index (χ1n) is 6.84. The number of thiazole rings is 1. The molecule has 0 aliphatic carbocycles. The van der Waals surface area contributed by atoms with Crippen LogP contribution in [0.15, 0.2) is 4.99 Å². The molecule has 0 aliphatic heterocycles. The van der Waals surface area contributed by atoms with Crippen LogP contribution in [0.2, 0.25) is 0 Å². The molecule has 0 radical (unpaired) electrons. The molecule has 1 aromatic rings. The van der Waals surface area contributed by atoms with Crippen LogP contribution in [0.4, 0.5) is 13.2 Å². The van der Waals surface area contributed by atoms with Gasteiger partial charge < -0.3 is 10.6 Å². The molecule has 1 heterocycles. The van der Waals surface area contributed by atoms with Gasteiger partial charge in [0.1, 0.15) is 5.01 Å². The quantitative estimate of drug-likeness (QED) is 0.615. The minimum absolute atomic E-state index is 0.273. The second-order valence-corrected chi connectivity index (χ2v) is 6.24. The van der Waals surface area contributed by atoms with Crippen molar-refractivity contribution >= 4 is 17.3 Å². The first kappa shape index (κ1) is 18.7. The molecular formula is C13H22F3N5S. The summed E-state index contributed by atoms with van der Waals surface area (Å²) in [5, 5.41) is 7.03. The number of aliphatic imine (C=N–C) groups is 1. The van der Waals surface area contributed by atoms with E-state index in [1.807, 2.05) is 13.8 Å². The van der Waals surface area contributed by atoms with Crippen molar-refractivity contribution in [1.29, 1.82) is 0 Å². The molecule has 0 bridgehead atoms. The Kier molecular flexibility index (Phi) is 7.08. The van der Waals surface area contributed by atoms with Crippen LogP contribution in [0.3, 0.4) is 0 Å². The molecule has 1 aromatic heterocycles. The third-order valence-corrected chi connectivity index (χ3v) is 4.01. The largest absolute Gasteiger partial charge is 0.401 e. The van der Waals surface area contributed by atoms with Gasteiger partial charge in [-0.15, -0.1) is 11.3 Å². The molecule has 0 unspecified atom stereocenters. The lowest BCUT2D eigenvalue weighted by Gasteiger charge is -2.19. The maximum absolute atomic E-state index is 12.2. The first-order chi connectivity index (χ1) is 10.2.